The largest absolute Gasteiger partial charge is 0.497 e. The second kappa shape index (κ2) is 8.29. The molecule has 1 fully saturated rings. The van der Waals surface area contributed by atoms with Crippen LogP contribution in [-0.4, -0.2) is 53.3 Å². The molecule has 8 heteroatoms. The van der Waals surface area contributed by atoms with Gasteiger partial charge >= 0.3 is 0 Å². The van der Waals surface area contributed by atoms with E-state index in [1.54, 1.807) is 42.7 Å². The Kier molecular flexibility index (Phi) is 6.08. The standard InChI is InChI=1S/C17H22N2O4S2/c1-22-15-2-4-16(5-3-15)25(20,21)18-12-17(14-6-11-24-13-14)19-7-9-23-10-8-19/h2-6,11,13,17-18H,7-10,12H2,1H3. The smallest absolute Gasteiger partial charge is 0.240 e. The average Bonchev–Trinajstić information content (AvgIpc) is 3.17. The highest BCUT2D eigenvalue weighted by Crippen LogP contribution is 2.24. The van der Waals surface area contributed by atoms with Crippen LogP contribution in [0.15, 0.2) is 46.0 Å². The molecule has 2 aromatic rings. The van der Waals surface area contributed by atoms with Crippen LogP contribution in [0.2, 0.25) is 0 Å². The van der Waals surface area contributed by atoms with Gasteiger partial charge in [-0.1, -0.05) is 0 Å². The van der Waals surface area contributed by atoms with E-state index in [4.69, 9.17) is 9.47 Å². The van der Waals surface area contributed by atoms with Crippen LogP contribution in [0.25, 0.3) is 0 Å². The Morgan fingerprint density at radius 2 is 1.96 bits per heavy atom. The first-order valence-electron chi connectivity index (χ1n) is 8.08. The summed E-state index contributed by atoms with van der Waals surface area (Å²) in [5.74, 6) is 0.628. The molecule has 0 aliphatic carbocycles. The summed E-state index contributed by atoms with van der Waals surface area (Å²) in [4.78, 5) is 2.50. The lowest BCUT2D eigenvalue weighted by Crippen LogP contribution is -2.43. The molecule has 1 aromatic carbocycles. The highest BCUT2D eigenvalue weighted by Gasteiger charge is 2.25. The van der Waals surface area contributed by atoms with Crippen LogP contribution in [0.1, 0.15) is 11.6 Å². The Labute approximate surface area is 152 Å². The molecule has 6 nitrogen and oxygen atoms in total. The molecule has 1 saturated heterocycles. The number of thiophene rings is 1. The number of rotatable bonds is 7. The van der Waals surface area contributed by atoms with E-state index < -0.39 is 10.0 Å². The first kappa shape index (κ1) is 18.3. The van der Waals surface area contributed by atoms with Gasteiger partial charge in [0, 0.05) is 25.7 Å². The molecule has 1 aliphatic heterocycles. The van der Waals surface area contributed by atoms with Crippen LogP contribution in [0, 0.1) is 0 Å². The third-order valence-electron chi connectivity index (χ3n) is 4.25. The molecule has 1 aromatic heterocycles. The van der Waals surface area contributed by atoms with Crippen LogP contribution in [0.4, 0.5) is 0 Å². The lowest BCUT2D eigenvalue weighted by Gasteiger charge is -2.34. The number of methoxy groups -OCH3 is 1. The quantitative estimate of drug-likeness (QED) is 0.794. The van der Waals surface area contributed by atoms with Gasteiger partial charge < -0.3 is 9.47 Å². The summed E-state index contributed by atoms with van der Waals surface area (Å²) in [5, 5.41) is 4.09. The zero-order chi connectivity index (χ0) is 17.7. The molecule has 1 atom stereocenters. The minimum atomic E-state index is -3.57. The average molecular weight is 383 g/mol. The van der Waals surface area contributed by atoms with Crippen molar-refractivity contribution in [3.05, 3.63) is 46.7 Å². The normalized spacial score (nSPS) is 17.3. The summed E-state index contributed by atoms with van der Waals surface area (Å²) >= 11 is 1.62. The van der Waals surface area contributed by atoms with Crippen molar-refractivity contribution in [1.29, 1.82) is 0 Å². The zero-order valence-electron chi connectivity index (χ0n) is 14.1. The fourth-order valence-corrected chi connectivity index (χ4v) is 4.58. The van der Waals surface area contributed by atoms with Gasteiger partial charge in [-0.25, -0.2) is 13.1 Å². The molecule has 25 heavy (non-hydrogen) atoms. The maximum absolute atomic E-state index is 12.6. The number of ether oxygens (including phenoxy) is 2. The van der Waals surface area contributed by atoms with Crippen molar-refractivity contribution in [2.24, 2.45) is 0 Å². The van der Waals surface area contributed by atoms with Crippen LogP contribution < -0.4 is 9.46 Å². The number of nitrogens with one attached hydrogen (secondary N) is 1. The molecule has 0 spiro atoms. The minimum absolute atomic E-state index is 0.00294. The van der Waals surface area contributed by atoms with E-state index in [-0.39, 0.29) is 10.9 Å². The van der Waals surface area contributed by atoms with Crippen molar-refractivity contribution in [1.82, 2.24) is 9.62 Å². The Morgan fingerprint density at radius 3 is 2.56 bits per heavy atom. The lowest BCUT2D eigenvalue weighted by atomic mass is 10.1. The van der Waals surface area contributed by atoms with Gasteiger partial charge in [-0.05, 0) is 46.7 Å². The predicted molar refractivity (Wildman–Crippen MR) is 97.6 cm³/mol. The van der Waals surface area contributed by atoms with E-state index in [0.29, 0.717) is 25.5 Å². The van der Waals surface area contributed by atoms with E-state index in [0.717, 1.165) is 18.7 Å². The maximum atomic E-state index is 12.6. The third-order valence-corrected chi connectivity index (χ3v) is 6.39. The summed E-state index contributed by atoms with van der Waals surface area (Å²) in [5.41, 5.74) is 1.13. The van der Waals surface area contributed by atoms with Gasteiger partial charge in [-0.3, -0.25) is 4.90 Å². The number of benzene rings is 1. The Bertz CT molecular complexity index is 754. The van der Waals surface area contributed by atoms with E-state index in [2.05, 4.69) is 15.0 Å². The van der Waals surface area contributed by atoms with Crippen molar-refractivity contribution >= 4 is 21.4 Å². The van der Waals surface area contributed by atoms with Crippen LogP contribution in [0.5, 0.6) is 5.75 Å². The SMILES string of the molecule is COc1ccc(S(=O)(=O)NCC(c2ccsc2)N2CCOCC2)cc1. The van der Waals surface area contributed by atoms with Gasteiger partial charge in [0.05, 0.1) is 25.2 Å². The maximum Gasteiger partial charge on any atom is 0.240 e. The van der Waals surface area contributed by atoms with Crippen LogP contribution in [-0.2, 0) is 14.8 Å². The van der Waals surface area contributed by atoms with Gasteiger partial charge in [0.1, 0.15) is 5.75 Å². The lowest BCUT2D eigenvalue weighted by molar-refractivity contribution is 0.0173. The van der Waals surface area contributed by atoms with Gasteiger partial charge in [0.25, 0.3) is 0 Å². The van der Waals surface area contributed by atoms with Gasteiger partial charge in [0.2, 0.25) is 10.0 Å². The predicted octanol–water partition coefficient (Wildman–Crippen LogP) is 2.11. The minimum Gasteiger partial charge on any atom is -0.497 e. The third kappa shape index (κ3) is 4.59. The van der Waals surface area contributed by atoms with E-state index in [9.17, 15) is 8.42 Å². The monoisotopic (exact) mass is 382 g/mol. The van der Waals surface area contributed by atoms with E-state index in [1.807, 2.05) is 11.4 Å². The number of sulfonamides is 1. The van der Waals surface area contributed by atoms with Crippen molar-refractivity contribution in [2.75, 3.05) is 40.0 Å². The molecule has 1 aliphatic rings. The first-order chi connectivity index (χ1) is 12.1. The molecular formula is C17H22N2O4S2. The molecule has 1 N–H and O–H groups in total. The van der Waals surface area contributed by atoms with Crippen molar-refractivity contribution in [2.45, 2.75) is 10.9 Å². The molecule has 1 unspecified atom stereocenters. The Morgan fingerprint density at radius 1 is 1.24 bits per heavy atom. The number of nitrogens with zero attached hydrogens (tertiary/aromatic N) is 1. The van der Waals surface area contributed by atoms with Crippen molar-refractivity contribution in [3.8, 4) is 5.75 Å². The summed E-state index contributed by atoms with van der Waals surface area (Å²) in [7, 11) is -2.02. The van der Waals surface area contributed by atoms with Gasteiger partial charge in [-0.2, -0.15) is 11.3 Å². The molecule has 0 radical (unpaired) electrons. The van der Waals surface area contributed by atoms with E-state index in [1.165, 1.54) is 0 Å². The van der Waals surface area contributed by atoms with Crippen molar-refractivity contribution in [3.63, 3.8) is 0 Å². The fourth-order valence-electron chi connectivity index (χ4n) is 2.84. The van der Waals surface area contributed by atoms with E-state index >= 15 is 0 Å². The highest BCUT2D eigenvalue weighted by molar-refractivity contribution is 7.89. The molecular weight excluding hydrogens is 360 g/mol. The van der Waals surface area contributed by atoms with Gasteiger partial charge in [0.15, 0.2) is 0 Å². The van der Waals surface area contributed by atoms with Crippen LogP contribution in [0.3, 0.4) is 0 Å². The van der Waals surface area contributed by atoms with Gasteiger partial charge in [-0.15, -0.1) is 0 Å². The Hall–Kier alpha value is -1.45. The molecule has 0 saturated carbocycles. The molecule has 0 amide bonds. The number of hydrogen-bond donors (Lipinski definition) is 1. The fraction of sp³-hybridized carbons (Fsp3) is 0.412. The molecule has 136 valence electrons. The summed E-state index contributed by atoms with van der Waals surface area (Å²) in [6.07, 6.45) is 0. The zero-order valence-corrected chi connectivity index (χ0v) is 15.7. The summed E-state index contributed by atoms with van der Waals surface area (Å²) in [6, 6.07) is 8.44. The molecule has 0 bridgehead atoms. The number of morpholine rings is 1. The first-order valence-corrected chi connectivity index (χ1v) is 10.5. The topological polar surface area (TPSA) is 67.9 Å². The molecule has 2 heterocycles. The number of hydrogen-bond acceptors (Lipinski definition) is 6. The van der Waals surface area contributed by atoms with Crippen molar-refractivity contribution < 1.29 is 17.9 Å². The highest BCUT2D eigenvalue weighted by atomic mass is 32.2. The Balaban J connectivity index is 1.73. The second-order valence-corrected chi connectivity index (χ2v) is 8.30. The molecule has 3 rings (SSSR count). The van der Waals surface area contributed by atoms with Crippen LogP contribution >= 0.6 is 11.3 Å². The summed E-state index contributed by atoms with van der Waals surface area (Å²) in [6.45, 7) is 3.26. The summed E-state index contributed by atoms with van der Waals surface area (Å²) < 4.78 is 38.4. The second-order valence-electron chi connectivity index (χ2n) is 5.75.